The third kappa shape index (κ3) is 7.12. The zero-order valence-corrected chi connectivity index (χ0v) is 23.0. The number of amides is 1. The van der Waals surface area contributed by atoms with E-state index in [1.54, 1.807) is 6.08 Å². The van der Waals surface area contributed by atoms with Gasteiger partial charge >= 0.3 is 0 Å². The molecular weight excluding hydrogens is 458 g/mol. The second kappa shape index (κ2) is 14.7. The molecule has 0 saturated heterocycles. The Bertz CT molecular complexity index is 1160. The fraction of sp³-hybridized carbons (Fsp3) is 0.484. The molecule has 37 heavy (non-hydrogen) atoms. The molecule has 0 fully saturated rings. The first-order valence-corrected chi connectivity index (χ1v) is 13.5. The van der Waals surface area contributed by atoms with Crippen LogP contribution in [0.15, 0.2) is 46.7 Å². The van der Waals surface area contributed by atoms with Gasteiger partial charge in [-0.15, -0.1) is 0 Å². The zero-order valence-electron chi connectivity index (χ0n) is 23.0. The lowest BCUT2D eigenvalue weighted by atomic mass is 9.95. The standard InChI is InChI=1S/C31H39N5O/c1-6-9-16-35(17-10-7-2)26-14-12-24(28(19-26)23(4)5)13-15-27-29(22-34)30(25(20-32)21-33)36(31(27)37)18-11-8-3/h12-15,19,23H,6-11,16-18H2,1-5H3/b15-13+. The normalized spacial score (nSPS) is 13.3. The van der Waals surface area contributed by atoms with Crippen LogP contribution in [0, 0.1) is 34.0 Å². The molecule has 2 rings (SSSR count). The number of allylic oxidation sites excluding steroid dienone is 2. The molecule has 1 amide bonds. The van der Waals surface area contributed by atoms with Crippen LogP contribution >= 0.6 is 0 Å². The van der Waals surface area contributed by atoms with E-state index < -0.39 is 0 Å². The Morgan fingerprint density at radius 3 is 2.11 bits per heavy atom. The maximum Gasteiger partial charge on any atom is 0.259 e. The first-order valence-electron chi connectivity index (χ1n) is 13.5. The number of unbranched alkanes of at least 4 members (excludes halogenated alkanes) is 3. The molecule has 1 aliphatic rings. The average molecular weight is 498 g/mol. The summed E-state index contributed by atoms with van der Waals surface area (Å²) in [6, 6.07) is 12.3. The van der Waals surface area contributed by atoms with Crippen LogP contribution in [0.3, 0.4) is 0 Å². The summed E-state index contributed by atoms with van der Waals surface area (Å²) in [5.74, 6) is -0.0740. The van der Waals surface area contributed by atoms with E-state index >= 15 is 0 Å². The molecule has 0 aliphatic carbocycles. The zero-order chi connectivity index (χ0) is 27.4. The molecule has 6 heteroatoms. The number of carbonyl (C=O) groups is 1. The second-order valence-electron chi connectivity index (χ2n) is 9.65. The summed E-state index contributed by atoms with van der Waals surface area (Å²) in [7, 11) is 0. The Morgan fingerprint density at radius 2 is 1.59 bits per heavy atom. The number of benzene rings is 1. The second-order valence-corrected chi connectivity index (χ2v) is 9.65. The number of nitriles is 3. The van der Waals surface area contributed by atoms with Gasteiger partial charge in [0.1, 0.15) is 18.2 Å². The summed E-state index contributed by atoms with van der Waals surface area (Å²) in [5.41, 5.74) is 3.60. The first-order chi connectivity index (χ1) is 17.9. The van der Waals surface area contributed by atoms with Crippen molar-refractivity contribution in [2.45, 2.75) is 79.1 Å². The van der Waals surface area contributed by atoms with E-state index in [1.165, 1.54) is 16.2 Å². The maximum atomic E-state index is 13.3. The number of nitrogens with zero attached hydrogens (tertiary/aromatic N) is 5. The van der Waals surface area contributed by atoms with Gasteiger partial charge in [-0.25, -0.2) is 0 Å². The molecule has 0 spiro atoms. The summed E-state index contributed by atoms with van der Waals surface area (Å²) in [4.78, 5) is 17.2. The molecule has 1 aliphatic heterocycles. The Labute approximate surface area is 222 Å². The SMILES string of the molecule is CCCCN1C(=O)C(/C=C/c2ccc(N(CCCC)CCCC)cc2C(C)C)=C(C#N)C1=C(C#N)C#N. The lowest BCUT2D eigenvalue weighted by Crippen LogP contribution is -2.27. The molecule has 0 unspecified atom stereocenters. The molecule has 0 saturated carbocycles. The van der Waals surface area contributed by atoms with E-state index in [4.69, 9.17) is 0 Å². The van der Waals surface area contributed by atoms with Crippen molar-refractivity contribution in [3.05, 3.63) is 57.8 Å². The van der Waals surface area contributed by atoms with E-state index in [9.17, 15) is 20.6 Å². The molecule has 0 radical (unpaired) electrons. The van der Waals surface area contributed by atoms with Gasteiger partial charge in [0, 0.05) is 25.3 Å². The highest BCUT2D eigenvalue weighted by atomic mass is 16.2. The molecule has 194 valence electrons. The highest BCUT2D eigenvalue weighted by Crippen LogP contribution is 2.34. The molecule has 0 bridgehead atoms. The van der Waals surface area contributed by atoms with E-state index in [0.29, 0.717) is 13.0 Å². The predicted octanol–water partition coefficient (Wildman–Crippen LogP) is 6.99. The lowest BCUT2D eigenvalue weighted by molar-refractivity contribution is -0.124. The van der Waals surface area contributed by atoms with E-state index in [-0.39, 0.29) is 34.2 Å². The van der Waals surface area contributed by atoms with Gasteiger partial charge in [0.05, 0.1) is 16.8 Å². The molecule has 0 atom stereocenters. The van der Waals surface area contributed by atoms with Crippen molar-refractivity contribution >= 4 is 17.7 Å². The quantitative estimate of drug-likeness (QED) is 0.274. The van der Waals surface area contributed by atoms with Crippen molar-refractivity contribution < 1.29 is 4.79 Å². The monoisotopic (exact) mass is 497 g/mol. The minimum absolute atomic E-state index is 0.0866. The topological polar surface area (TPSA) is 94.9 Å². The first kappa shape index (κ1) is 29.4. The van der Waals surface area contributed by atoms with Crippen LogP contribution < -0.4 is 4.90 Å². The van der Waals surface area contributed by atoms with Crippen LogP contribution in [0.1, 0.15) is 90.2 Å². The van der Waals surface area contributed by atoms with Crippen LogP contribution in [0.2, 0.25) is 0 Å². The summed E-state index contributed by atoms with van der Waals surface area (Å²) in [6.45, 7) is 13.1. The Morgan fingerprint density at radius 1 is 0.973 bits per heavy atom. The third-order valence-electron chi connectivity index (χ3n) is 6.61. The van der Waals surface area contributed by atoms with Crippen molar-refractivity contribution in [2.75, 3.05) is 24.5 Å². The van der Waals surface area contributed by atoms with E-state index in [2.05, 4.69) is 56.9 Å². The predicted molar refractivity (Wildman–Crippen MR) is 149 cm³/mol. The Balaban J connectivity index is 2.54. The minimum Gasteiger partial charge on any atom is -0.372 e. The minimum atomic E-state index is -0.340. The largest absolute Gasteiger partial charge is 0.372 e. The fourth-order valence-corrected chi connectivity index (χ4v) is 4.46. The maximum absolute atomic E-state index is 13.3. The van der Waals surface area contributed by atoms with E-state index in [1.807, 2.05) is 25.1 Å². The van der Waals surface area contributed by atoms with Gasteiger partial charge < -0.3 is 9.80 Å². The average Bonchev–Trinajstić information content (AvgIpc) is 3.17. The highest BCUT2D eigenvalue weighted by Gasteiger charge is 2.36. The summed E-state index contributed by atoms with van der Waals surface area (Å²) in [5, 5.41) is 28.9. The van der Waals surface area contributed by atoms with Gasteiger partial charge in [-0.1, -0.05) is 66.0 Å². The van der Waals surface area contributed by atoms with E-state index in [0.717, 1.165) is 50.8 Å². The van der Waals surface area contributed by atoms with Crippen molar-refractivity contribution in [3.8, 4) is 18.2 Å². The molecule has 0 aromatic heterocycles. The number of anilines is 1. The molecule has 1 aromatic carbocycles. The fourth-order valence-electron chi connectivity index (χ4n) is 4.46. The van der Waals surface area contributed by atoms with Gasteiger partial charge in [0.15, 0.2) is 5.57 Å². The summed E-state index contributed by atoms with van der Waals surface area (Å²) < 4.78 is 0. The van der Waals surface area contributed by atoms with Crippen LogP contribution in [0.25, 0.3) is 6.08 Å². The Kier molecular flexibility index (Phi) is 11.7. The molecule has 0 N–H and O–H groups in total. The van der Waals surface area contributed by atoms with Crippen molar-refractivity contribution in [1.29, 1.82) is 15.8 Å². The summed E-state index contributed by atoms with van der Waals surface area (Å²) in [6.07, 6.45) is 9.70. The molecule has 1 heterocycles. The lowest BCUT2D eigenvalue weighted by Gasteiger charge is -2.26. The van der Waals surface area contributed by atoms with Gasteiger partial charge in [0.2, 0.25) is 0 Å². The van der Waals surface area contributed by atoms with Gasteiger partial charge in [-0.2, -0.15) is 15.8 Å². The van der Waals surface area contributed by atoms with Gasteiger partial charge in [-0.3, -0.25) is 4.79 Å². The number of hydrogen-bond acceptors (Lipinski definition) is 5. The van der Waals surface area contributed by atoms with Gasteiger partial charge in [0.25, 0.3) is 5.91 Å². The van der Waals surface area contributed by atoms with Crippen molar-refractivity contribution in [3.63, 3.8) is 0 Å². The van der Waals surface area contributed by atoms with Crippen LogP contribution in [0.5, 0.6) is 0 Å². The molecule has 6 nitrogen and oxygen atoms in total. The van der Waals surface area contributed by atoms with Crippen LogP contribution in [-0.4, -0.2) is 30.4 Å². The number of carbonyl (C=O) groups excluding carboxylic acids is 1. The van der Waals surface area contributed by atoms with Gasteiger partial charge in [-0.05, 0) is 54.5 Å². The van der Waals surface area contributed by atoms with Crippen LogP contribution in [-0.2, 0) is 4.79 Å². The smallest absolute Gasteiger partial charge is 0.259 e. The van der Waals surface area contributed by atoms with Crippen LogP contribution in [0.4, 0.5) is 5.69 Å². The number of hydrogen-bond donors (Lipinski definition) is 0. The van der Waals surface area contributed by atoms with Crippen molar-refractivity contribution in [1.82, 2.24) is 4.90 Å². The third-order valence-corrected chi connectivity index (χ3v) is 6.61. The highest BCUT2D eigenvalue weighted by molar-refractivity contribution is 6.05. The Hall–Kier alpha value is -3.82. The number of rotatable bonds is 13. The molecular formula is C31H39N5O. The molecule has 1 aromatic rings. The summed E-state index contributed by atoms with van der Waals surface area (Å²) >= 11 is 0. The van der Waals surface area contributed by atoms with Crippen molar-refractivity contribution in [2.24, 2.45) is 0 Å².